The van der Waals surface area contributed by atoms with Crippen LogP contribution in [0.3, 0.4) is 0 Å². The quantitative estimate of drug-likeness (QED) is 0.394. The normalized spacial score (nSPS) is 11.0. The van der Waals surface area contributed by atoms with Crippen LogP contribution in [0.15, 0.2) is 59.1 Å². The molecule has 0 spiro atoms. The van der Waals surface area contributed by atoms with E-state index in [2.05, 4.69) is 4.98 Å². The number of carbonyl (C=O) groups is 2. The molecule has 0 bridgehead atoms. The molecule has 4 aromatic rings. The second-order valence-electron chi connectivity index (χ2n) is 6.18. The molecular formula is C21H15NO6. The summed E-state index contributed by atoms with van der Waals surface area (Å²) in [5.41, 5.74) is 1.76. The van der Waals surface area contributed by atoms with Gasteiger partial charge < -0.3 is 24.7 Å². The summed E-state index contributed by atoms with van der Waals surface area (Å²) in [4.78, 5) is 27.6. The molecule has 0 radical (unpaired) electrons. The predicted molar refractivity (Wildman–Crippen MR) is 100 cm³/mol. The van der Waals surface area contributed by atoms with Gasteiger partial charge in [-0.1, -0.05) is 48.5 Å². The fourth-order valence-corrected chi connectivity index (χ4v) is 3.26. The van der Waals surface area contributed by atoms with E-state index in [-0.39, 0.29) is 17.7 Å². The van der Waals surface area contributed by atoms with E-state index in [1.165, 1.54) is 6.20 Å². The minimum atomic E-state index is -1.39. The first-order valence-corrected chi connectivity index (χ1v) is 8.42. The van der Waals surface area contributed by atoms with Gasteiger partial charge in [-0.05, 0) is 5.56 Å². The van der Waals surface area contributed by atoms with Crippen LogP contribution in [0.25, 0.3) is 22.0 Å². The van der Waals surface area contributed by atoms with Gasteiger partial charge in [0.05, 0.1) is 23.3 Å². The van der Waals surface area contributed by atoms with Crippen LogP contribution in [-0.4, -0.2) is 32.1 Å². The van der Waals surface area contributed by atoms with Crippen LogP contribution in [0.5, 0.6) is 5.75 Å². The molecule has 140 valence electrons. The van der Waals surface area contributed by atoms with Crippen molar-refractivity contribution in [3.8, 4) is 16.9 Å². The van der Waals surface area contributed by atoms with Gasteiger partial charge in [0, 0.05) is 17.1 Å². The van der Waals surface area contributed by atoms with Crippen LogP contribution in [0.1, 0.15) is 32.2 Å². The molecule has 28 heavy (non-hydrogen) atoms. The fraction of sp³-hybridized carbons (Fsp3) is 0.0476. The summed E-state index contributed by atoms with van der Waals surface area (Å²) in [7, 11) is 0. The molecule has 0 aliphatic rings. The lowest BCUT2D eigenvalue weighted by Crippen LogP contribution is -1.99. The number of furan rings is 1. The lowest BCUT2D eigenvalue weighted by Gasteiger charge is -2.01. The van der Waals surface area contributed by atoms with E-state index in [0.29, 0.717) is 22.0 Å². The number of aromatic hydroxyl groups is 1. The summed E-state index contributed by atoms with van der Waals surface area (Å²) in [6, 6.07) is 13.4. The molecular weight excluding hydrogens is 362 g/mol. The number of aromatic carboxylic acids is 1. The third-order valence-electron chi connectivity index (χ3n) is 4.56. The summed E-state index contributed by atoms with van der Waals surface area (Å²) in [5.74, 6) is -3.55. The van der Waals surface area contributed by atoms with Gasteiger partial charge in [0.2, 0.25) is 17.3 Å². The van der Waals surface area contributed by atoms with E-state index in [4.69, 9.17) is 4.42 Å². The Morgan fingerprint density at radius 3 is 2.43 bits per heavy atom. The molecule has 4 rings (SSSR count). The first-order chi connectivity index (χ1) is 13.5. The Morgan fingerprint density at radius 2 is 1.75 bits per heavy atom. The van der Waals surface area contributed by atoms with Gasteiger partial charge in [0.15, 0.2) is 5.75 Å². The van der Waals surface area contributed by atoms with E-state index >= 15 is 0 Å². The molecule has 4 N–H and O–H groups in total. The maximum Gasteiger partial charge on any atom is 0.372 e. The minimum absolute atomic E-state index is 0.0488. The third kappa shape index (κ3) is 2.65. The Bertz CT molecular complexity index is 1200. The molecule has 0 atom stereocenters. The van der Waals surface area contributed by atoms with Gasteiger partial charge in [0.1, 0.15) is 0 Å². The van der Waals surface area contributed by atoms with Crippen molar-refractivity contribution in [1.82, 2.24) is 4.98 Å². The highest BCUT2D eigenvalue weighted by molar-refractivity contribution is 6.18. The average Bonchev–Trinajstić information content (AvgIpc) is 3.29. The van der Waals surface area contributed by atoms with E-state index in [9.17, 15) is 24.9 Å². The second kappa shape index (κ2) is 6.71. The molecule has 0 aliphatic carbocycles. The number of nitrogens with one attached hydrogen (secondary N) is 1. The van der Waals surface area contributed by atoms with Crippen molar-refractivity contribution >= 4 is 22.7 Å². The predicted octanol–water partition coefficient (Wildman–Crippen LogP) is 3.56. The third-order valence-corrected chi connectivity index (χ3v) is 4.56. The Balaban J connectivity index is 1.89. The summed E-state index contributed by atoms with van der Waals surface area (Å²) in [6.07, 6.45) is 1.44. The number of aliphatic hydroxyl groups excluding tert-OH is 1. The summed E-state index contributed by atoms with van der Waals surface area (Å²) in [6.45, 7) is -0.210. The number of carbonyl (C=O) groups excluding carboxylic acids is 1. The van der Waals surface area contributed by atoms with Crippen molar-refractivity contribution in [2.24, 2.45) is 0 Å². The molecule has 7 nitrogen and oxygen atoms in total. The number of carboxylic acids is 1. The highest BCUT2D eigenvalue weighted by Crippen LogP contribution is 2.40. The lowest BCUT2D eigenvalue weighted by atomic mass is 10.0. The maximum atomic E-state index is 13.0. The molecule has 0 saturated heterocycles. The summed E-state index contributed by atoms with van der Waals surface area (Å²) < 4.78 is 5.29. The van der Waals surface area contributed by atoms with Crippen LogP contribution in [0.4, 0.5) is 0 Å². The van der Waals surface area contributed by atoms with Gasteiger partial charge in [-0.25, -0.2) is 4.79 Å². The Morgan fingerprint density at radius 1 is 1.00 bits per heavy atom. The zero-order valence-corrected chi connectivity index (χ0v) is 14.5. The zero-order valence-electron chi connectivity index (χ0n) is 14.5. The van der Waals surface area contributed by atoms with Gasteiger partial charge in [-0.2, -0.15) is 0 Å². The van der Waals surface area contributed by atoms with Crippen molar-refractivity contribution in [2.75, 3.05) is 0 Å². The Kier molecular flexibility index (Phi) is 4.21. The minimum Gasteiger partial charge on any atom is -0.504 e. The number of fused-ring (bicyclic) bond motifs is 1. The van der Waals surface area contributed by atoms with Gasteiger partial charge in [0.25, 0.3) is 0 Å². The zero-order chi connectivity index (χ0) is 19.8. The number of aromatic amines is 1. The van der Waals surface area contributed by atoms with Crippen LogP contribution < -0.4 is 0 Å². The molecule has 2 heterocycles. The van der Waals surface area contributed by atoms with Crippen molar-refractivity contribution in [1.29, 1.82) is 0 Å². The van der Waals surface area contributed by atoms with Crippen molar-refractivity contribution in [3.63, 3.8) is 0 Å². The van der Waals surface area contributed by atoms with Gasteiger partial charge >= 0.3 is 5.97 Å². The van der Waals surface area contributed by atoms with Crippen molar-refractivity contribution in [3.05, 3.63) is 77.4 Å². The maximum absolute atomic E-state index is 13.0. The lowest BCUT2D eigenvalue weighted by molar-refractivity contribution is 0.0661. The number of ketones is 1. The molecule has 2 aromatic heterocycles. The summed E-state index contributed by atoms with van der Waals surface area (Å²) in [5, 5.41) is 30.1. The number of benzene rings is 2. The van der Waals surface area contributed by atoms with E-state index in [1.807, 2.05) is 0 Å². The number of carboxylic acid groups (broad SMARTS) is 1. The molecule has 7 heteroatoms. The molecule has 2 aromatic carbocycles. The number of rotatable bonds is 5. The number of para-hydroxylation sites is 1. The molecule has 0 fully saturated rings. The first kappa shape index (κ1) is 17.6. The van der Waals surface area contributed by atoms with Crippen LogP contribution in [0, 0.1) is 0 Å². The SMILES string of the molecule is O=C(O)c1oc(C(=O)c2c[nH]c3c(CO)cccc23)c(O)c1-c1ccccc1. The molecule has 0 saturated carbocycles. The molecule has 0 unspecified atom stereocenters. The van der Waals surface area contributed by atoms with E-state index in [1.54, 1.807) is 48.5 Å². The largest absolute Gasteiger partial charge is 0.504 e. The van der Waals surface area contributed by atoms with Crippen LogP contribution >= 0.6 is 0 Å². The van der Waals surface area contributed by atoms with Crippen LogP contribution in [0.2, 0.25) is 0 Å². The average molecular weight is 377 g/mol. The fourth-order valence-electron chi connectivity index (χ4n) is 3.26. The number of H-pyrrole nitrogens is 1. The Labute approximate surface area is 158 Å². The standard InChI is InChI=1S/C21H15NO6/c23-10-12-7-4-8-13-14(9-22-16(12)13)17(24)20-18(25)15(19(28-20)21(26)27)11-5-2-1-3-6-11/h1-9,22-23,25H,10H2,(H,26,27). The highest BCUT2D eigenvalue weighted by Gasteiger charge is 2.31. The van der Waals surface area contributed by atoms with Gasteiger partial charge in [-0.3, -0.25) is 4.79 Å². The number of aromatic nitrogens is 1. The topological polar surface area (TPSA) is 124 Å². The number of aliphatic hydroxyl groups is 1. The van der Waals surface area contributed by atoms with E-state index < -0.39 is 29.0 Å². The van der Waals surface area contributed by atoms with Crippen molar-refractivity contribution < 1.29 is 29.3 Å². The molecule has 0 aliphatic heterocycles. The van der Waals surface area contributed by atoms with E-state index in [0.717, 1.165) is 0 Å². The number of hydrogen-bond acceptors (Lipinski definition) is 5. The number of hydrogen-bond donors (Lipinski definition) is 4. The van der Waals surface area contributed by atoms with Crippen molar-refractivity contribution in [2.45, 2.75) is 6.61 Å². The second-order valence-corrected chi connectivity index (χ2v) is 6.18. The first-order valence-electron chi connectivity index (χ1n) is 8.42. The highest BCUT2D eigenvalue weighted by atomic mass is 16.4. The van der Waals surface area contributed by atoms with Crippen LogP contribution in [-0.2, 0) is 6.61 Å². The monoisotopic (exact) mass is 377 g/mol. The smallest absolute Gasteiger partial charge is 0.372 e. The molecule has 0 amide bonds. The van der Waals surface area contributed by atoms with Gasteiger partial charge in [-0.15, -0.1) is 0 Å². The Hall–Kier alpha value is -3.84. The summed E-state index contributed by atoms with van der Waals surface area (Å²) >= 11 is 0.